The van der Waals surface area contributed by atoms with Gasteiger partial charge < -0.3 is 9.64 Å². The van der Waals surface area contributed by atoms with Crippen LogP contribution in [0.1, 0.15) is 29.6 Å². The number of ketones is 1. The molecule has 1 aromatic carbocycles. The molecule has 0 radical (unpaired) electrons. The summed E-state index contributed by atoms with van der Waals surface area (Å²) in [5, 5.41) is 0. The number of rotatable bonds is 5. The minimum Gasteiger partial charge on any atom is -0.378 e. The Morgan fingerprint density at radius 1 is 1.05 bits per heavy atom. The second-order valence-corrected chi connectivity index (χ2v) is 4.64. The SMILES string of the molecule is O=C(CCCC(=O)N1CCOCC1)c1ccccc1. The van der Waals surface area contributed by atoms with Gasteiger partial charge in [0.2, 0.25) is 5.91 Å². The largest absolute Gasteiger partial charge is 0.378 e. The van der Waals surface area contributed by atoms with E-state index in [0.29, 0.717) is 45.6 Å². The van der Waals surface area contributed by atoms with Crippen LogP contribution in [0.4, 0.5) is 0 Å². The average Bonchev–Trinajstić information content (AvgIpc) is 2.49. The molecule has 0 N–H and O–H groups in total. The summed E-state index contributed by atoms with van der Waals surface area (Å²) in [6.45, 7) is 2.58. The summed E-state index contributed by atoms with van der Waals surface area (Å²) in [6, 6.07) is 9.22. The van der Waals surface area contributed by atoms with Crippen molar-refractivity contribution in [3.05, 3.63) is 35.9 Å². The van der Waals surface area contributed by atoms with Crippen LogP contribution < -0.4 is 0 Å². The van der Waals surface area contributed by atoms with Crippen LogP contribution in [-0.4, -0.2) is 42.9 Å². The van der Waals surface area contributed by atoms with E-state index in [9.17, 15) is 9.59 Å². The molecule has 0 unspecified atom stereocenters. The number of amides is 1. The lowest BCUT2D eigenvalue weighted by Crippen LogP contribution is -2.40. The van der Waals surface area contributed by atoms with E-state index in [2.05, 4.69) is 0 Å². The van der Waals surface area contributed by atoms with Crippen molar-refractivity contribution in [1.29, 1.82) is 0 Å². The molecule has 1 saturated heterocycles. The number of hydrogen-bond acceptors (Lipinski definition) is 3. The molecule has 0 spiro atoms. The summed E-state index contributed by atoms with van der Waals surface area (Å²) >= 11 is 0. The summed E-state index contributed by atoms with van der Waals surface area (Å²) in [7, 11) is 0. The first-order valence-electron chi connectivity index (χ1n) is 6.71. The lowest BCUT2D eigenvalue weighted by Gasteiger charge is -2.26. The summed E-state index contributed by atoms with van der Waals surface area (Å²) in [4.78, 5) is 25.5. The Hall–Kier alpha value is -1.68. The number of nitrogens with zero attached hydrogens (tertiary/aromatic N) is 1. The highest BCUT2D eigenvalue weighted by atomic mass is 16.5. The second kappa shape index (κ2) is 7.04. The Bertz CT molecular complexity index is 424. The zero-order valence-corrected chi connectivity index (χ0v) is 11.0. The van der Waals surface area contributed by atoms with E-state index in [1.807, 2.05) is 35.2 Å². The van der Waals surface area contributed by atoms with Gasteiger partial charge in [0.15, 0.2) is 5.78 Å². The third-order valence-corrected chi connectivity index (χ3v) is 3.25. The van der Waals surface area contributed by atoms with Gasteiger partial charge in [0.05, 0.1) is 13.2 Å². The molecule has 4 heteroatoms. The highest BCUT2D eigenvalue weighted by Crippen LogP contribution is 2.09. The van der Waals surface area contributed by atoms with E-state index in [1.165, 1.54) is 0 Å². The number of carbonyl (C=O) groups excluding carboxylic acids is 2. The number of benzene rings is 1. The van der Waals surface area contributed by atoms with Crippen molar-refractivity contribution in [3.8, 4) is 0 Å². The molecule has 4 nitrogen and oxygen atoms in total. The first-order valence-corrected chi connectivity index (χ1v) is 6.71. The Morgan fingerprint density at radius 3 is 2.42 bits per heavy atom. The van der Waals surface area contributed by atoms with Crippen LogP contribution in [0.25, 0.3) is 0 Å². The lowest BCUT2D eigenvalue weighted by molar-refractivity contribution is -0.135. The summed E-state index contributed by atoms with van der Waals surface area (Å²) in [5.41, 5.74) is 0.723. The predicted octanol–water partition coefficient (Wildman–Crippen LogP) is 1.90. The first kappa shape index (κ1) is 13.7. The molecule has 102 valence electrons. The molecular formula is C15H19NO3. The van der Waals surface area contributed by atoms with Gasteiger partial charge in [-0.15, -0.1) is 0 Å². The molecule has 1 aliphatic rings. The van der Waals surface area contributed by atoms with E-state index in [0.717, 1.165) is 5.56 Å². The van der Waals surface area contributed by atoms with E-state index in [4.69, 9.17) is 4.74 Å². The van der Waals surface area contributed by atoms with Crippen molar-refractivity contribution in [3.63, 3.8) is 0 Å². The van der Waals surface area contributed by atoms with Crippen molar-refractivity contribution in [1.82, 2.24) is 4.90 Å². The quantitative estimate of drug-likeness (QED) is 0.760. The highest BCUT2D eigenvalue weighted by Gasteiger charge is 2.16. The third-order valence-electron chi connectivity index (χ3n) is 3.25. The maximum absolute atomic E-state index is 11.9. The van der Waals surface area contributed by atoms with Crippen LogP contribution in [0.3, 0.4) is 0 Å². The summed E-state index contributed by atoms with van der Waals surface area (Å²) in [5.74, 6) is 0.236. The number of carbonyl (C=O) groups is 2. The topological polar surface area (TPSA) is 46.6 Å². The molecule has 0 bridgehead atoms. The molecule has 0 atom stereocenters. The van der Waals surface area contributed by atoms with Gasteiger partial charge in [0.25, 0.3) is 0 Å². The maximum atomic E-state index is 11.9. The normalized spacial score (nSPS) is 15.3. The van der Waals surface area contributed by atoms with Crippen molar-refractivity contribution < 1.29 is 14.3 Å². The second-order valence-electron chi connectivity index (χ2n) is 4.64. The zero-order valence-electron chi connectivity index (χ0n) is 11.0. The third kappa shape index (κ3) is 4.17. The Balaban J connectivity index is 1.71. The van der Waals surface area contributed by atoms with Gasteiger partial charge in [-0.1, -0.05) is 30.3 Å². The average molecular weight is 261 g/mol. The molecular weight excluding hydrogens is 242 g/mol. The summed E-state index contributed by atoms with van der Waals surface area (Å²) in [6.07, 6.45) is 1.49. The van der Waals surface area contributed by atoms with Gasteiger partial charge in [0, 0.05) is 31.5 Å². The fraction of sp³-hybridized carbons (Fsp3) is 0.467. The van der Waals surface area contributed by atoms with Gasteiger partial charge in [0.1, 0.15) is 0 Å². The number of ether oxygens (including phenoxy) is 1. The molecule has 1 aliphatic heterocycles. The highest BCUT2D eigenvalue weighted by molar-refractivity contribution is 5.96. The first-order chi connectivity index (χ1) is 9.27. The van der Waals surface area contributed by atoms with E-state index in [1.54, 1.807) is 0 Å². The van der Waals surface area contributed by atoms with E-state index in [-0.39, 0.29) is 11.7 Å². The zero-order chi connectivity index (χ0) is 13.5. The Morgan fingerprint density at radius 2 is 1.74 bits per heavy atom. The smallest absolute Gasteiger partial charge is 0.222 e. The molecule has 1 fully saturated rings. The molecule has 0 aromatic heterocycles. The van der Waals surface area contributed by atoms with Crippen molar-refractivity contribution in [2.75, 3.05) is 26.3 Å². The number of morpholine rings is 1. The predicted molar refractivity (Wildman–Crippen MR) is 72.0 cm³/mol. The van der Waals surface area contributed by atoms with Gasteiger partial charge >= 0.3 is 0 Å². The lowest BCUT2D eigenvalue weighted by atomic mass is 10.1. The van der Waals surface area contributed by atoms with Crippen molar-refractivity contribution >= 4 is 11.7 Å². The molecule has 1 aromatic rings. The Labute approximate surface area is 113 Å². The number of Topliss-reactive ketones (excluding diaryl/α,β-unsaturated/α-hetero) is 1. The van der Waals surface area contributed by atoms with Crippen LogP contribution in [0.15, 0.2) is 30.3 Å². The molecule has 1 heterocycles. The van der Waals surface area contributed by atoms with Gasteiger partial charge in [-0.05, 0) is 6.42 Å². The monoisotopic (exact) mass is 261 g/mol. The molecule has 1 amide bonds. The minimum absolute atomic E-state index is 0.107. The standard InChI is InChI=1S/C15H19NO3/c17-14(13-5-2-1-3-6-13)7-4-8-15(18)16-9-11-19-12-10-16/h1-3,5-6H,4,7-12H2. The van der Waals surface area contributed by atoms with Crippen LogP contribution in [0.2, 0.25) is 0 Å². The van der Waals surface area contributed by atoms with Gasteiger partial charge in [-0.3, -0.25) is 9.59 Å². The fourth-order valence-electron chi connectivity index (χ4n) is 2.14. The van der Waals surface area contributed by atoms with Crippen molar-refractivity contribution in [2.24, 2.45) is 0 Å². The summed E-state index contributed by atoms with van der Waals surface area (Å²) < 4.78 is 5.20. The molecule has 2 rings (SSSR count). The van der Waals surface area contributed by atoms with E-state index >= 15 is 0 Å². The van der Waals surface area contributed by atoms with Crippen LogP contribution in [0.5, 0.6) is 0 Å². The fourth-order valence-corrected chi connectivity index (χ4v) is 2.14. The van der Waals surface area contributed by atoms with E-state index < -0.39 is 0 Å². The molecule has 19 heavy (non-hydrogen) atoms. The van der Waals surface area contributed by atoms with Crippen molar-refractivity contribution in [2.45, 2.75) is 19.3 Å². The van der Waals surface area contributed by atoms with Crippen LogP contribution in [0, 0.1) is 0 Å². The number of hydrogen-bond donors (Lipinski definition) is 0. The maximum Gasteiger partial charge on any atom is 0.222 e. The Kier molecular flexibility index (Phi) is 5.10. The van der Waals surface area contributed by atoms with Gasteiger partial charge in [-0.2, -0.15) is 0 Å². The minimum atomic E-state index is 0.107. The van der Waals surface area contributed by atoms with Gasteiger partial charge in [-0.25, -0.2) is 0 Å². The molecule has 0 saturated carbocycles. The molecule has 0 aliphatic carbocycles. The van der Waals surface area contributed by atoms with Crippen LogP contribution in [-0.2, 0) is 9.53 Å². The van der Waals surface area contributed by atoms with Crippen LogP contribution >= 0.6 is 0 Å².